The Hall–Kier alpha value is 0.647. The third-order valence-electron chi connectivity index (χ3n) is 1.55. The summed E-state index contributed by atoms with van der Waals surface area (Å²) in [6.45, 7) is 0. The summed E-state index contributed by atoms with van der Waals surface area (Å²) in [6.07, 6.45) is 1.24. The number of hydrogen-bond acceptors (Lipinski definition) is 0. The topological polar surface area (TPSA) is 0 Å². The molecule has 0 N–H and O–H groups in total. The van der Waals surface area contributed by atoms with Crippen LogP contribution >= 0.6 is 38.5 Å². The summed E-state index contributed by atoms with van der Waals surface area (Å²) in [5, 5.41) is 0. The number of halogens is 2. The fourth-order valence-corrected chi connectivity index (χ4v) is 2.59. The number of benzene rings is 1. The molecule has 1 aromatic carbocycles. The molecule has 0 heterocycles. The lowest BCUT2D eigenvalue weighted by Crippen LogP contribution is -1.88. The first kappa shape index (κ1) is 9.73. The van der Waals surface area contributed by atoms with Gasteiger partial charge in [-0.1, -0.05) is 18.2 Å². The second-order valence-electron chi connectivity index (χ2n) is 2.46. The van der Waals surface area contributed by atoms with Crippen LogP contribution in [0.4, 0.5) is 0 Å². The Balaban J connectivity index is 2.96. The Labute approximate surface area is 92.5 Å². The summed E-state index contributed by atoms with van der Waals surface area (Å²) in [5.74, 6) is 0. The lowest BCUT2D eigenvalue weighted by molar-refractivity contribution is 1.12. The Morgan fingerprint density at radius 2 is 2.18 bits per heavy atom. The summed E-state index contributed by atoms with van der Waals surface area (Å²) in [4.78, 5) is 0. The molecule has 0 saturated carbocycles. The maximum Gasteiger partial charge on any atom is 0.0311 e. The zero-order chi connectivity index (χ0) is 8.27. The first-order valence-corrected chi connectivity index (χ1v) is 6.97. The minimum Gasteiger partial charge on any atom is -0.0618 e. The van der Waals surface area contributed by atoms with E-state index in [1.807, 2.05) is 0 Å². The van der Waals surface area contributed by atoms with Crippen LogP contribution < -0.4 is 0 Å². The van der Waals surface area contributed by atoms with Crippen molar-refractivity contribution >= 4 is 48.8 Å². The fraction of sp³-hybridized carbons (Fsp3) is 0.250. The van der Waals surface area contributed by atoms with Crippen LogP contribution in [0.3, 0.4) is 0 Å². The molecular formula is C8H10BrISi. The smallest absolute Gasteiger partial charge is 0.0311 e. The molecule has 0 radical (unpaired) electrons. The van der Waals surface area contributed by atoms with Crippen LogP contribution in [0.2, 0.25) is 6.04 Å². The minimum absolute atomic E-state index is 1.23. The average Bonchev–Trinajstić information content (AvgIpc) is 1.99. The maximum absolute atomic E-state index is 3.52. The van der Waals surface area contributed by atoms with E-state index in [-0.39, 0.29) is 0 Å². The Bertz CT molecular complexity index is 250. The van der Waals surface area contributed by atoms with E-state index in [1.54, 1.807) is 0 Å². The third-order valence-corrected chi connectivity index (χ3v) is 4.73. The second-order valence-corrected chi connectivity index (χ2v) is 5.40. The van der Waals surface area contributed by atoms with E-state index in [0.29, 0.717) is 0 Å². The molecule has 0 aliphatic carbocycles. The van der Waals surface area contributed by atoms with Gasteiger partial charge in [0.25, 0.3) is 0 Å². The first-order chi connectivity index (χ1) is 5.25. The standard InChI is InChI=1S/C8H10BrISi/c9-7-3-1-2-6(4-5-11)8(7)10/h1-3H,4-5H2,11H3. The van der Waals surface area contributed by atoms with E-state index in [1.165, 1.54) is 36.3 Å². The van der Waals surface area contributed by atoms with Gasteiger partial charge in [0.1, 0.15) is 0 Å². The lowest BCUT2D eigenvalue weighted by Gasteiger charge is -2.03. The van der Waals surface area contributed by atoms with Crippen molar-refractivity contribution in [3.05, 3.63) is 31.8 Å². The molecule has 0 amide bonds. The van der Waals surface area contributed by atoms with Gasteiger partial charge >= 0.3 is 0 Å². The van der Waals surface area contributed by atoms with Crippen LogP contribution in [0.1, 0.15) is 5.56 Å². The van der Waals surface area contributed by atoms with Crippen LogP contribution in [0.25, 0.3) is 0 Å². The van der Waals surface area contributed by atoms with Crippen LogP contribution in [0, 0.1) is 3.57 Å². The monoisotopic (exact) mass is 340 g/mol. The molecule has 0 fully saturated rings. The zero-order valence-corrected chi connectivity index (χ0v) is 12.1. The van der Waals surface area contributed by atoms with Gasteiger partial charge in [0.05, 0.1) is 0 Å². The van der Waals surface area contributed by atoms with Crippen molar-refractivity contribution in [3.8, 4) is 0 Å². The molecule has 0 atom stereocenters. The van der Waals surface area contributed by atoms with Gasteiger partial charge in [0.15, 0.2) is 0 Å². The van der Waals surface area contributed by atoms with E-state index in [2.05, 4.69) is 56.7 Å². The predicted octanol–water partition coefficient (Wildman–Crippen LogP) is 2.38. The summed E-state index contributed by atoms with van der Waals surface area (Å²) in [7, 11) is 1.30. The van der Waals surface area contributed by atoms with Gasteiger partial charge in [0, 0.05) is 18.3 Å². The Morgan fingerprint density at radius 1 is 1.45 bits per heavy atom. The molecule has 0 unspecified atom stereocenters. The van der Waals surface area contributed by atoms with Crippen LogP contribution in [0.15, 0.2) is 22.7 Å². The van der Waals surface area contributed by atoms with Crippen molar-refractivity contribution in [2.24, 2.45) is 0 Å². The Kier molecular flexibility index (Phi) is 4.09. The summed E-state index contributed by atoms with van der Waals surface area (Å²) >= 11 is 5.92. The molecule has 0 bridgehead atoms. The van der Waals surface area contributed by atoms with Crippen molar-refractivity contribution in [3.63, 3.8) is 0 Å². The number of aryl methyl sites for hydroxylation is 1. The van der Waals surface area contributed by atoms with E-state index in [0.717, 1.165) is 0 Å². The largest absolute Gasteiger partial charge is 0.0618 e. The van der Waals surface area contributed by atoms with Crippen molar-refractivity contribution in [2.75, 3.05) is 0 Å². The zero-order valence-electron chi connectivity index (χ0n) is 6.40. The third kappa shape index (κ3) is 2.56. The highest BCUT2D eigenvalue weighted by atomic mass is 127. The van der Waals surface area contributed by atoms with E-state index >= 15 is 0 Å². The van der Waals surface area contributed by atoms with E-state index < -0.39 is 0 Å². The minimum atomic E-state index is 1.23. The summed E-state index contributed by atoms with van der Waals surface area (Å²) in [6, 6.07) is 7.77. The van der Waals surface area contributed by atoms with Crippen LogP contribution in [-0.2, 0) is 6.42 Å². The molecule has 0 aliphatic heterocycles. The van der Waals surface area contributed by atoms with Gasteiger partial charge in [-0.2, -0.15) is 0 Å². The van der Waals surface area contributed by atoms with Crippen molar-refractivity contribution < 1.29 is 0 Å². The van der Waals surface area contributed by atoms with Gasteiger partial charge in [-0.05, 0) is 56.6 Å². The van der Waals surface area contributed by atoms with Gasteiger partial charge < -0.3 is 0 Å². The molecular weight excluding hydrogens is 331 g/mol. The van der Waals surface area contributed by atoms with Gasteiger partial charge in [-0.15, -0.1) is 0 Å². The highest BCUT2D eigenvalue weighted by Gasteiger charge is 2.00. The van der Waals surface area contributed by atoms with Crippen molar-refractivity contribution in [1.29, 1.82) is 0 Å². The molecule has 0 aliphatic rings. The molecule has 0 saturated heterocycles. The highest BCUT2D eigenvalue weighted by Crippen LogP contribution is 2.23. The molecule has 0 aromatic heterocycles. The summed E-state index contributed by atoms with van der Waals surface area (Å²) < 4.78 is 2.60. The number of hydrogen-bond donors (Lipinski definition) is 0. The van der Waals surface area contributed by atoms with Gasteiger partial charge in [0.2, 0.25) is 0 Å². The molecule has 1 rings (SSSR count). The van der Waals surface area contributed by atoms with E-state index in [9.17, 15) is 0 Å². The lowest BCUT2D eigenvalue weighted by atomic mass is 10.2. The van der Waals surface area contributed by atoms with Gasteiger partial charge in [-0.3, -0.25) is 0 Å². The fourth-order valence-electron chi connectivity index (χ4n) is 1.01. The van der Waals surface area contributed by atoms with Crippen molar-refractivity contribution in [2.45, 2.75) is 12.5 Å². The molecule has 3 heteroatoms. The predicted molar refractivity (Wildman–Crippen MR) is 65.3 cm³/mol. The molecule has 11 heavy (non-hydrogen) atoms. The highest BCUT2D eigenvalue weighted by molar-refractivity contribution is 14.1. The maximum atomic E-state index is 3.52. The second kappa shape index (κ2) is 4.62. The van der Waals surface area contributed by atoms with E-state index in [4.69, 9.17) is 0 Å². The molecule has 1 aromatic rings. The van der Waals surface area contributed by atoms with Crippen LogP contribution in [-0.4, -0.2) is 10.2 Å². The quantitative estimate of drug-likeness (QED) is 0.573. The van der Waals surface area contributed by atoms with Crippen LogP contribution in [0.5, 0.6) is 0 Å². The van der Waals surface area contributed by atoms with Crippen molar-refractivity contribution in [1.82, 2.24) is 0 Å². The molecule has 0 spiro atoms. The Morgan fingerprint density at radius 3 is 2.82 bits per heavy atom. The summed E-state index contributed by atoms with van der Waals surface area (Å²) in [5.41, 5.74) is 1.48. The first-order valence-electron chi connectivity index (χ1n) is 3.68. The SMILES string of the molecule is [SiH3]CCc1cccc(Br)c1I. The average molecular weight is 341 g/mol. The normalized spacial score (nSPS) is 10.4. The number of rotatable bonds is 2. The molecule has 0 nitrogen and oxygen atoms in total. The van der Waals surface area contributed by atoms with Gasteiger partial charge in [-0.25, -0.2) is 0 Å². The molecule has 60 valence electrons.